The summed E-state index contributed by atoms with van der Waals surface area (Å²) in [6, 6.07) is 18.1. The maximum Gasteiger partial charge on any atom is 0.251 e. The van der Waals surface area contributed by atoms with Crippen molar-refractivity contribution in [3.8, 4) is 0 Å². The maximum absolute atomic E-state index is 11.5. The second-order valence-corrected chi connectivity index (χ2v) is 4.93. The van der Waals surface area contributed by atoms with Crippen LogP contribution in [-0.2, 0) is 13.1 Å². The predicted octanol–water partition coefficient (Wildman–Crippen LogP) is 2.68. The van der Waals surface area contributed by atoms with Crippen molar-refractivity contribution in [1.29, 1.82) is 0 Å². The van der Waals surface area contributed by atoms with Crippen molar-refractivity contribution in [3.05, 3.63) is 71.3 Å². The van der Waals surface area contributed by atoms with Gasteiger partial charge in [0.25, 0.3) is 5.91 Å². The SMILES string of the molecule is CNC(=O)c1ccc(CN(C)Cc2ccccc2)cc1. The van der Waals surface area contributed by atoms with Gasteiger partial charge in [0, 0.05) is 25.7 Å². The Morgan fingerprint density at radius 2 is 1.50 bits per heavy atom. The fourth-order valence-electron chi connectivity index (χ4n) is 2.17. The first-order chi connectivity index (χ1) is 9.69. The van der Waals surface area contributed by atoms with E-state index < -0.39 is 0 Å². The Balaban J connectivity index is 1.94. The van der Waals surface area contributed by atoms with Crippen molar-refractivity contribution in [1.82, 2.24) is 10.2 Å². The summed E-state index contributed by atoms with van der Waals surface area (Å²) in [6.45, 7) is 1.78. The van der Waals surface area contributed by atoms with E-state index in [1.165, 1.54) is 11.1 Å². The molecule has 1 N–H and O–H groups in total. The Morgan fingerprint density at radius 3 is 2.05 bits per heavy atom. The number of nitrogens with one attached hydrogen (secondary N) is 1. The van der Waals surface area contributed by atoms with Gasteiger partial charge in [-0.2, -0.15) is 0 Å². The Bertz CT molecular complexity index is 549. The van der Waals surface area contributed by atoms with Gasteiger partial charge in [0.05, 0.1) is 0 Å². The molecular formula is C17H20N2O. The van der Waals surface area contributed by atoms with Crippen LogP contribution in [0.3, 0.4) is 0 Å². The summed E-state index contributed by atoms with van der Waals surface area (Å²) in [5.41, 5.74) is 3.20. The van der Waals surface area contributed by atoms with E-state index in [4.69, 9.17) is 0 Å². The summed E-state index contributed by atoms with van der Waals surface area (Å²) in [6.07, 6.45) is 0. The van der Waals surface area contributed by atoms with Gasteiger partial charge in [-0.1, -0.05) is 42.5 Å². The van der Waals surface area contributed by atoms with Crippen molar-refractivity contribution in [2.24, 2.45) is 0 Å². The van der Waals surface area contributed by atoms with Gasteiger partial charge < -0.3 is 5.32 Å². The van der Waals surface area contributed by atoms with Crippen molar-refractivity contribution in [2.45, 2.75) is 13.1 Å². The number of benzene rings is 2. The third-order valence-electron chi connectivity index (χ3n) is 3.19. The zero-order valence-corrected chi connectivity index (χ0v) is 12.0. The lowest BCUT2D eigenvalue weighted by Crippen LogP contribution is -2.19. The van der Waals surface area contributed by atoms with E-state index in [2.05, 4.69) is 41.5 Å². The van der Waals surface area contributed by atoms with Crippen LogP contribution in [0.1, 0.15) is 21.5 Å². The first-order valence-electron chi connectivity index (χ1n) is 6.72. The van der Waals surface area contributed by atoms with Gasteiger partial charge in [-0.15, -0.1) is 0 Å². The highest BCUT2D eigenvalue weighted by Gasteiger charge is 2.04. The summed E-state index contributed by atoms with van der Waals surface area (Å²) in [5.74, 6) is -0.0470. The number of carbonyl (C=O) groups excluding carboxylic acids is 1. The number of hydrogen-bond donors (Lipinski definition) is 1. The van der Waals surface area contributed by atoms with E-state index in [-0.39, 0.29) is 5.91 Å². The van der Waals surface area contributed by atoms with E-state index >= 15 is 0 Å². The molecule has 0 aliphatic rings. The van der Waals surface area contributed by atoms with Crippen molar-refractivity contribution < 1.29 is 4.79 Å². The molecule has 0 bridgehead atoms. The van der Waals surface area contributed by atoms with Crippen LogP contribution >= 0.6 is 0 Å². The molecule has 0 atom stereocenters. The molecule has 0 aromatic heterocycles. The van der Waals surface area contributed by atoms with E-state index in [9.17, 15) is 4.79 Å². The second kappa shape index (κ2) is 6.87. The third kappa shape index (κ3) is 3.93. The van der Waals surface area contributed by atoms with Gasteiger partial charge in [0.1, 0.15) is 0 Å². The average molecular weight is 268 g/mol. The molecular weight excluding hydrogens is 248 g/mol. The van der Waals surface area contributed by atoms with Gasteiger partial charge in [0.2, 0.25) is 0 Å². The lowest BCUT2D eigenvalue weighted by molar-refractivity contribution is 0.0963. The van der Waals surface area contributed by atoms with E-state index in [0.29, 0.717) is 5.56 Å². The molecule has 20 heavy (non-hydrogen) atoms. The van der Waals surface area contributed by atoms with Crippen LogP contribution in [0.4, 0.5) is 0 Å². The molecule has 0 unspecified atom stereocenters. The first kappa shape index (κ1) is 14.3. The van der Waals surface area contributed by atoms with Crippen LogP contribution < -0.4 is 5.32 Å². The highest BCUT2D eigenvalue weighted by Crippen LogP contribution is 2.09. The van der Waals surface area contributed by atoms with Gasteiger partial charge >= 0.3 is 0 Å². The molecule has 0 fully saturated rings. The molecule has 3 heteroatoms. The smallest absolute Gasteiger partial charge is 0.251 e. The van der Waals surface area contributed by atoms with Gasteiger partial charge in [-0.05, 0) is 30.3 Å². The highest BCUT2D eigenvalue weighted by atomic mass is 16.1. The van der Waals surface area contributed by atoms with Crippen molar-refractivity contribution in [3.63, 3.8) is 0 Å². The highest BCUT2D eigenvalue weighted by molar-refractivity contribution is 5.93. The molecule has 1 amide bonds. The molecule has 0 radical (unpaired) electrons. The molecule has 0 aliphatic carbocycles. The number of carbonyl (C=O) groups is 1. The van der Waals surface area contributed by atoms with E-state index in [1.54, 1.807) is 7.05 Å². The monoisotopic (exact) mass is 268 g/mol. The van der Waals surface area contributed by atoms with Crippen molar-refractivity contribution in [2.75, 3.05) is 14.1 Å². The molecule has 0 heterocycles. The van der Waals surface area contributed by atoms with Gasteiger partial charge in [0.15, 0.2) is 0 Å². The predicted molar refractivity (Wildman–Crippen MR) is 81.4 cm³/mol. The normalized spacial score (nSPS) is 10.6. The summed E-state index contributed by atoms with van der Waals surface area (Å²) < 4.78 is 0. The van der Waals surface area contributed by atoms with E-state index in [1.807, 2.05) is 30.3 Å². The fourth-order valence-corrected chi connectivity index (χ4v) is 2.17. The number of rotatable bonds is 5. The molecule has 2 rings (SSSR count). The minimum Gasteiger partial charge on any atom is -0.355 e. The lowest BCUT2D eigenvalue weighted by atomic mass is 10.1. The van der Waals surface area contributed by atoms with Crippen LogP contribution in [0, 0.1) is 0 Å². The maximum atomic E-state index is 11.5. The molecule has 0 aliphatic heterocycles. The topological polar surface area (TPSA) is 32.3 Å². The first-order valence-corrected chi connectivity index (χ1v) is 6.72. The Hall–Kier alpha value is -2.13. The Labute approximate surface area is 120 Å². The average Bonchev–Trinajstić information content (AvgIpc) is 2.48. The molecule has 3 nitrogen and oxygen atoms in total. The third-order valence-corrected chi connectivity index (χ3v) is 3.19. The molecule has 0 saturated heterocycles. The van der Waals surface area contributed by atoms with Crippen molar-refractivity contribution >= 4 is 5.91 Å². The molecule has 0 saturated carbocycles. The van der Waals surface area contributed by atoms with Gasteiger partial charge in [-0.3, -0.25) is 9.69 Å². The van der Waals surface area contributed by atoms with Gasteiger partial charge in [-0.25, -0.2) is 0 Å². The number of amides is 1. The number of nitrogens with zero attached hydrogens (tertiary/aromatic N) is 1. The molecule has 104 valence electrons. The minimum atomic E-state index is -0.0470. The summed E-state index contributed by atoms with van der Waals surface area (Å²) in [4.78, 5) is 13.7. The zero-order chi connectivity index (χ0) is 14.4. The Morgan fingerprint density at radius 1 is 0.950 bits per heavy atom. The van der Waals surface area contributed by atoms with Crippen LogP contribution in [0.25, 0.3) is 0 Å². The lowest BCUT2D eigenvalue weighted by Gasteiger charge is -2.17. The Kier molecular flexibility index (Phi) is 4.91. The number of hydrogen-bond acceptors (Lipinski definition) is 2. The van der Waals surface area contributed by atoms with E-state index in [0.717, 1.165) is 13.1 Å². The molecule has 2 aromatic carbocycles. The quantitative estimate of drug-likeness (QED) is 0.904. The van der Waals surface area contributed by atoms with Crippen LogP contribution in [-0.4, -0.2) is 24.9 Å². The standard InChI is InChI=1S/C17H20N2O/c1-18-17(20)16-10-8-15(9-11-16)13-19(2)12-14-6-4-3-5-7-14/h3-11H,12-13H2,1-2H3,(H,18,20). The summed E-state index contributed by atoms with van der Waals surface area (Å²) in [5, 5.41) is 2.62. The summed E-state index contributed by atoms with van der Waals surface area (Å²) >= 11 is 0. The second-order valence-electron chi connectivity index (χ2n) is 4.93. The zero-order valence-electron chi connectivity index (χ0n) is 12.0. The van der Waals surface area contributed by atoms with Crippen LogP contribution in [0.2, 0.25) is 0 Å². The van der Waals surface area contributed by atoms with Crippen LogP contribution in [0.15, 0.2) is 54.6 Å². The minimum absolute atomic E-state index is 0.0470. The largest absolute Gasteiger partial charge is 0.355 e. The fraction of sp³-hybridized carbons (Fsp3) is 0.235. The molecule has 0 spiro atoms. The summed E-state index contributed by atoms with van der Waals surface area (Å²) in [7, 11) is 3.74. The molecule has 2 aromatic rings. The van der Waals surface area contributed by atoms with Crippen LogP contribution in [0.5, 0.6) is 0 Å².